The topological polar surface area (TPSA) is 3.24 Å². The second-order valence-electron chi connectivity index (χ2n) is 3.19. The predicted octanol–water partition coefficient (Wildman–Crippen LogP) is 2.20. The molecule has 0 atom stereocenters. The number of hydrogen-bond donors (Lipinski definition) is 0. The van der Waals surface area contributed by atoms with Gasteiger partial charge in [-0.3, -0.25) is 0 Å². The number of hydrogen-bond acceptors (Lipinski definition) is 1. The maximum Gasteiger partial charge on any atom is 0.201 e. The molecule has 0 amide bonds. The van der Waals surface area contributed by atoms with E-state index in [-0.39, 0.29) is 0 Å². The predicted molar refractivity (Wildman–Crippen MR) is 57.2 cm³/mol. The van der Waals surface area contributed by atoms with Gasteiger partial charge in [0.15, 0.2) is 0 Å². The van der Waals surface area contributed by atoms with E-state index in [1.807, 2.05) is 0 Å². The summed E-state index contributed by atoms with van der Waals surface area (Å²) in [6.07, 6.45) is 2.62. The van der Waals surface area contributed by atoms with Gasteiger partial charge in [-0.1, -0.05) is 17.1 Å². The van der Waals surface area contributed by atoms with E-state index in [1.54, 1.807) is 0 Å². The third kappa shape index (κ3) is 1.45. The zero-order chi connectivity index (χ0) is 9.03. The molecule has 1 fully saturated rings. The van der Waals surface area contributed by atoms with Crippen molar-refractivity contribution < 1.29 is 0 Å². The molecule has 0 aliphatic carbocycles. The molecule has 1 saturated heterocycles. The van der Waals surface area contributed by atoms with Crippen molar-refractivity contribution in [3.05, 3.63) is 36.8 Å². The first-order valence-corrected chi connectivity index (χ1v) is 6.63. The highest BCUT2D eigenvalue weighted by atomic mass is 28.3. The van der Waals surface area contributed by atoms with Gasteiger partial charge in [0.05, 0.1) is 0 Å². The normalized spacial score (nSPS) is 19.0. The fraction of sp³-hybridized carbons (Fsp3) is 0.400. The molecular weight excluding hydrogens is 162 g/mol. The summed E-state index contributed by atoms with van der Waals surface area (Å²) in [5.41, 5.74) is 6.16. The molecule has 0 spiro atoms. The standard InChI is InChI=1S/C10H17NSi/c1-4-12(5-2,6-3)11-9-7-8-10-11/h4-6H,1-3,7-10H2. The Labute approximate surface area is 76.2 Å². The first kappa shape index (κ1) is 9.48. The number of rotatable bonds is 4. The van der Waals surface area contributed by atoms with E-state index in [0.29, 0.717) is 0 Å². The Morgan fingerprint density at radius 3 is 1.67 bits per heavy atom. The average molecular weight is 179 g/mol. The zero-order valence-corrected chi connectivity index (χ0v) is 8.63. The van der Waals surface area contributed by atoms with Crippen LogP contribution in [0.5, 0.6) is 0 Å². The molecule has 0 aromatic heterocycles. The van der Waals surface area contributed by atoms with Crippen LogP contribution in [-0.4, -0.2) is 25.9 Å². The van der Waals surface area contributed by atoms with E-state index in [2.05, 4.69) is 41.4 Å². The quantitative estimate of drug-likeness (QED) is 0.598. The molecule has 1 aliphatic rings. The van der Waals surface area contributed by atoms with Crippen molar-refractivity contribution in [3.63, 3.8) is 0 Å². The third-order valence-electron chi connectivity index (χ3n) is 2.63. The Morgan fingerprint density at radius 2 is 1.33 bits per heavy atom. The van der Waals surface area contributed by atoms with Gasteiger partial charge in [0.25, 0.3) is 0 Å². The Kier molecular flexibility index (Phi) is 3.06. The van der Waals surface area contributed by atoms with Crippen LogP contribution in [0.2, 0.25) is 0 Å². The highest BCUT2D eigenvalue weighted by Crippen LogP contribution is 2.20. The highest BCUT2D eigenvalue weighted by Gasteiger charge is 2.32. The smallest absolute Gasteiger partial charge is 0.201 e. The van der Waals surface area contributed by atoms with Crippen LogP contribution >= 0.6 is 0 Å². The molecule has 0 radical (unpaired) electrons. The third-order valence-corrected chi connectivity index (χ3v) is 6.14. The van der Waals surface area contributed by atoms with Crippen molar-refractivity contribution in [1.82, 2.24) is 4.57 Å². The van der Waals surface area contributed by atoms with E-state index in [0.717, 1.165) is 0 Å². The molecule has 0 N–H and O–H groups in total. The van der Waals surface area contributed by atoms with Crippen LogP contribution in [0.1, 0.15) is 12.8 Å². The second kappa shape index (κ2) is 3.87. The fourth-order valence-electron chi connectivity index (χ4n) is 1.74. The molecule has 0 bridgehead atoms. The fourth-order valence-corrected chi connectivity index (χ4v) is 4.11. The van der Waals surface area contributed by atoms with Gasteiger partial charge in [-0.05, 0) is 25.9 Å². The van der Waals surface area contributed by atoms with Crippen molar-refractivity contribution in [2.24, 2.45) is 0 Å². The Bertz CT molecular complexity index is 170. The van der Waals surface area contributed by atoms with Crippen molar-refractivity contribution >= 4 is 8.24 Å². The van der Waals surface area contributed by atoms with Crippen molar-refractivity contribution in [2.75, 3.05) is 13.1 Å². The molecule has 1 nitrogen and oxygen atoms in total. The van der Waals surface area contributed by atoms with E-state index in [1.165, 1.54) is 25.9 Å². The molecule has 0 unspecified atom stereocenters. The van der Waals surface area contributed by atoms with Crippen LogP contribution < -0.4 is 0 Å². The van der Waals surface area contributed by atoms with Crippen LogP contribution in [0.25, 0.3) is 0 Å². The SMILES string of the molecule is C=C[Si](C=C)(C=C)N1CCCC1. The summed E-state index contributed by atoms with van der Waals surface area (Å²) < 4.78 is 2.50. The lowest BCUT2D eigenvalue weighted by Crippen LogP contribution is -2.47. The van der Waals surface area contributed by atoms with Crippen molar-refractivity contribution in [1.29, 1.82) is 0 Å². The maximum absolute atomic E-state index is 3.90. The average Bonchev–Trinajstić information content (AvgIpc) is 2.62. The minimum Gasteiger partial charge on any atom is -0.314 e. The molecule has 2 heteroatoms. The maximum atomic E-state index is 3.90. The van der Waals surface area contributed by atoms with E-state index in [9.17, 15) is 0 Å². The van der Waals surface area contributed by atoms with Crippen LogP contribution in [0.4, 0.5) is 0 Å². The van der Waals surface area contributed by atoms with Gasteiger partial charge < -0.3 is 4.57 Å². The molecule has 0 aromatic carbocycles. The van der Waals surface area contributed by atoms with Crippen LogP contribution in [-0.2, 0) is 0 Å². The molecule has 66 valence electrons. The van der Waals surface area contributed by atoms with Crippen LogP contribution in [0.15, 0.2) is 36.8 Å². The van der Waals surface area contributed by atoms with Crippen LogP contribution in [0, 0.1) is 0 Å². The van der Waals surface area contributed by atoms with Crippen molar-refractivity contribution in [2.45, 2.75) is 12.8 Å². The largest absolute Gasteiger partial charge is 0.314 e. The van der Waals surface area contributed by atoms with E-state index < -0.39 is 8.24 Å². The van der Waals surface area contributed by atoms with Gasteiger partial charge in [0.1, 0.15) is 0 Å². The minimum absolute atomic E-state index is 1.19. The molecule has 1 rings (SSSR count). The molecule has 0 aromatic rings. The number of nitrogens with zero attached hydrogens (tertiary/aromatic N) is 1. The van der Waals surface area contributed by atoms with Gasteiger partial charge in [0, 0.05) is 0 Å². The highest BCUT2D eigenvalue weighted by molar-refractivity contribution is 6.90. The van der Waals surface area contributed by atoms with E-state index in [4.69, 9.17) is 0 Å². The summed E-state index contributed by atoms with van der Waals surface area (Å²) in [6.45, 7) is 14.1. The summed E-state index contributed by atoms with van der Waals surface area (Å²) in [4.78, 5) is 0. The molecule has 0 saturated carbocycles. The van der Waals surface area contributed by atoms with Gasteiger partial charge in [-0.25, -0.2) is 0 Å². The second-order valence-corrected chi connectivity index (χ2v) is 6.83. The van der Waals surface area contributed by atoms with Crippen molar-refractivity contribution in [3.8, 4) is 0 Å². The lowest BCUT2D eigenvalue weighted by Gasteiger charge is -2.31. The summed E-state index contributed by atoms with van der Waals surface area (Å²) in [5, 5.41) is 0. The van der Waals surface area contributed by atoms with Gasteiger partial charge in [0.2, 0.25) is 8.24 Å². The first-order chi connectivity index (χ1) is 5.79. The van der Waals surface area contributed by atoms with Crippen LogP contribution in [0.3, 0.4) is 0 Å². The molecule has 1 heterocycles. The lowest BCUT2D eigenvalue weighted by atomic mass is 10.4. The van der Waals surface area contributed by atoms with E-state index >= 15 is 0 Å². The Morgan fingerprint density at radius 1 is 0.917 bits per heavy atom. The van der Waals surface area contributed by atoms with Gasteiger partial charge in [-0.2, -0.15) is 0 Å². The Balaban J connectivity index is 2.81. The van der Waals surface area contributed by atoms with Gasteiger partial charge in [-0.15, -0.1) is 19.7 Å². The van der Waals surface area contributed by atoms with Gasteiger partial charge >= 0.3 is 0 Å². The molecule has 12 heavy (non-hydrogen) atoms. The zero-order valence-electron chi connectivity index (χ0n) is 7.63. The Hall–Kier alpha value is -0.603. The molecular formula is C10H17NSi. The minimum atomic E-state index is -1.66. The summed E-state index contributed by atoms with van der Waals surface area (Å²) in [7, 11) is -1.66. The molecule has 1 aliphatic heterocycles. The monoisotopic (exact) mass is 179 g/mol. The summed E-state index contributed by atoms with van der Waals surface area (Å²) in [6, 6.07) is 0. The summed E-state index contributed by atoms with van der Waals surface area (Å²) >= 11 is 0. The first-order valence-electron chi connectivity index (χ1n) is 4.45. The lowest BCUT2D eigenvalue weighted by molar-refractivity contribution is 0.536. The summed E-state index contributed by atoms with van der Waals surface area (Å²) in [5.74, 6) is 0.